The average molecular weight is 526 g/mol. The number of nitrogens with one attached hydrogen (secondary N) is 1. The Bertz CT molecular complexity index is 1450. The maximum Gasteiger partial charge on any atom is 0.271 e. The Morgan fingerprint density at radius 3 is 2.53 bits per heavy atom. The lowest BCUT2D eigenvalue weighted by Gasteiger charge is -2.29. The Morgan fingerprint density at radius 1 is 0.974 bits per heavy atom. The van der Waals surface area contributed by atoms with Gasteiger partial charge in [0.1, 0.15) is 11.8 Å². The van der Waals surface area contributed by atoms with Crippen molar-refractivity contribution < 1.29 is 9.66 Å². The van der Waals surface area contributed by atoms with E-state index >= 15 is 0 Å². The first-order valence-corrected chi connectivity index (χ1v) is 13.2. The van der Waals surface area contributed by atoms with Crippen molar-refractivity contribution in [1.82, 2.24) is 14.9 Å². The smallest absolute Gasteiger partial charge is 0.271 e. The number of nitro benzene ring substituents is 1. The number of pyridine rings is 1. The Balaban J connectivity index is 1.40. The summed E-state index contributed by atoms with van der Waals surface area (Å²) >= 11 is 5.87. The first kappa shape index (κ1) is 24.1. The van der Waals surface area contributed by atoms with E-state index in [0.29, 0.717) is 10.8 Å². The summed E-state index contributed by atoms with van der Waals surface area (Å²) < 4.78 is 8.16. The van der Waals surface area contributed by atoms with Gasteiger partial charge in [-0.05, 0) is 92.5 Å². The van der Waals surface area contributed by atoms with E-state index in [-0.39, 0.29) is 28.8 Å². The minimum Gasteiger partial charge on any atom is -0.490 e. The highest BCUT2D eigenvalue weighted by Crippen LogP contribution is 2.42. The van der Waals surface area contributed by atoms with Gasteiger partial charge in [-0.25, -0.2) is 0 Å². The van der Waals surface area contributed by atoms with Crippen molar-refractivity contribution in [2.24, 2.45) is 0 Å². The molecule has 2 aromatic carbocycles. The van der Waals surface area contributed by atoms with Gasteiger partial charge in [-0.2, -0.15) is 0 Å². The Morgan fingerprint density at radius 2 is 1.79 bits per heavy atom. The van der Waals surface area contributed by atoms with E-state index in [1.165, 1.54) is 18.9 Å². The van der Waals surface area contributed by atoms with Crippen LogP contribution in [0.2, 0.25) is 0 Å². The fraction of sp³-hybridized carbons (Fsp3) is 0.241. The van der Waals surface area contributed by atoms with Crippen molar-refractivity contribution in [2.45, 2.75) is 43.9 Å². The van der Waals surface area contributed by atoms with Crippen LogP contribution in [0.25, 0.3) is 5.69 Å². The van der Waals surface area contributed by atoms with Crippen molar-refractivity contribution in [2.75, 3.05) is 4.90 Å². The number of rotatable bonds is 7. The minimum absolute atomic E-state index is 0.0400. The molecule has 1 N–H and O–H groups in total. The molecule has 2 aromatic heterocycles. The zero-order valence-electron chi connectivity index (χ0n) is 20.6. The number of nitro groups is 1. The molecule has 0 amide bonds. The lowest BCUT2D eigenvalue weighted by Crippen LogP contribution is -2.30. The molecule has 2 aliphatic rings. The molecular formula is C29H27N5O3S. The summed E-state index contributed by atoms with van der Waals surface area (Å²) in [6.07, 6.45) is 8.62. The van der Waals surface area contributed by atoms with Crippen LogP contribution in [-0.4, -0.2) is 25.7 Å². The number of anilines is 1. The van der Waals surface area contributed by atoms with E-state index in [4.69, 9.17) is 17.0 Å². The first-order valence-electron chi connectivity index (χ1n) is 12.8. The number of hydrogen-bond acceptors (Lipinski definition) is 5. The molecule has 1 aliphatic heterocycles. The third-order valence-corrected chi connectivity index (χ3v) is 7.53. The van der Waals surface area contributed by atoms with Crippen LogP contribution in [0.4, 0.5) is 11.4 Å². The van der Waals surface area contributed by atoms with Crippen molar-refractivity contribution in [3.63, 3.8) is 0 Å². The monoisotopic (exact) mass is 525 g/mol. The molecule has 3 heterocycles. The molecule has 6 rings (SSSR count). The van der Waals surface area contributed by atoms with E-state index in [9.17, 15) is 10.1 Å². The van der Waals surface area contributed by atoms with E-state index in [1.807, 2.05) is 71.4 Å². The van der Waals surface area contributed by atoms with Crippen molar-refractivity contribution in [3.8, 4) is 11.4 Å². The number of nitrogens with zero attached hydrogens (tertiary/aromatic N) is 4. The van der Waals surface area contributed by atoms with Gasteiger partial charge in [0.25, 0.3) is 5.69 Å². The van der Waals surface area contributed by atoms with E-state index in [1.54, 1.807) is 18.3 Å². The second kappa shape index (κ2) is 10.3. The van der Waals surface area contributed by atoms with Gasteiger partial charge in [0, 0.05) is 35.9 Å². The summed E-state index contributed by atoms with van der Waals surface area (Å²) in [6.45, 7) is 0. The van der Waals surface area contributed by atoms with Crippen LogP contribution in [0.3, 0.4) is 0 Å². The highest BCUT2D eigenvalue weighted by Gasteiger charge is 2.42. The zero-order chi connectivity index (χ0) is 26.1. The molecule has 2 atom stereocenters. The fourth-order valence-corrected chi connectivity index (χ4v) is 5.79. The quantitative estimate of drug-likeness (QED) is 0.173. The molecule has 0 radical (unpaired) electrons. The molecule has 38 heavy (non-hydrogen) atoms. The molecule has 0 unspecified atom stereocenters. The summed E-state index contributed by atoms with van der Waals surface area (Å²) in [6, 6.07) is 24.0. The third-order valence-electron chi connectivity index (χ3n) is 7.22. The Kier molecular flexibility index (Phi) is 6.51. The van der Waals surface area contributed by atoms with Crippen molar-refractivity contribution in [1.29, 1.82) is 0 Å². The van der Waals surface area contributed by atoms with Gasteiger partial charge in [0.2, 0.25) is 0 Å². The minimum atomic E-state index is -0.378. The SMILES string of the molecule is O=[N+]([O-])c1cccc(-n2cccc2[C@H]2[C@@H](c3ccccn3)NC(=S)N2c2ccc(OC3CCCC3)cc2)c1. The molecule has 1 aliphatic carbocycles. The lowest BCUT2D eigenvalue weighted by molar-refractivity contribution is -0.384. The second-order valence-electron chi connectivity index (χ2n) is 9.59. The number of hydrogen-bond donors (Lipinski definition) is 1. The number of ether oxygens (including phenoxy) is 1. The van der Waals surface area contributed by atoms with E-state index in [2.05, 4.69) is 15.2 Å². The summed E-state index contributed by atoms with van der Waals surface area (Å²) in [5.41, 5.74) is 3.46. The molecule has 0 spiro atoms. The topological polar surface area (TPSA) is 85.5 Å². The summed E-state index contributed by atoms with van der Waals surface area (Å²) in [5, 5.41) is 15.5. The molecule has 1 saturated heterocycles. The van der Waals surface area contributed by atoms with Gasteiger partial charge in [0.05, 0.1) is 28.5 Å². The molecule has 8 nitrogen and oxygen atoms in total. The van der Waals surface area contributed by atoms with Gasteiger partial charge in [-0.15, -0.1) is 0 Å². The highest BCUT2D eigenvalue weighted by atomic mass is 32.1. The molecule has 192 valence electrons. The number of benzene rings is 2. The number of thiocarbonyl (C=S) groups is 1. The summed E-state index contributed by atoms with van der Waals surface area (Å²) in [7, 11) is 0. The predicted molar refractivity (Wildman–Crippen MR) is 150 cm³/mol. The highest BCUT2D eigenvalue weighted by molar-refractivity contribution is 7.80. The summed E-state index contributed by atoms with van der Waals surface area (Å²) in [4.78, 5) is 17.8. The molecular weight excluding hydrogens is 498 g/mol. The normalized spacial score (nSPS) is 19.5. The van der Waals surface area contributed by atoms with Crippen LogP contribution in [0.5, 0.6) is 5.75 Å². The van der Waals surface area contributed by atoms with E-state index < -0.39 is 0 Å². The number of non-ortho nitro benzene ring substituents is 1. The van der Waals surface area contributed by atoms with Crippen LogP contribution in [-0.2, 0) is 0 Å². The molecule has 1 saturated carbocycles. The second-order valence-corrected chi connectivity index (χ2v) is 9.98. The Hall–Kier alpha value is -4.24. The van der Waals surface area contributed by atoms with Gasteiger partial charge in [-0.1, -0.05) is 12.1 Å². The largest absolute Gasteiger partial charge is 0.490 e. The van der Waals surface area contributed by atoms with Crippen LogP contribution in [0.1, 0.15) is 49.2 Å². The van der Waals surface area contributed by atoms with Crippen LogP contribution in [0.15, 0.2) is 91.3 Å². The predicted octanol–water partition coefficient (Wildman–Crippen LogP) is 6.28. The maximum atomic E-state index is 11.5. The van der Waals surface area contributed by atoms with Gasteiger partial charge < -0.3 is 19.5 Å². The fourth-order valence-electron chi connectivity index (χ4n) is 5.44. The Labute approximate surface area is 226 Å². The van der Waals surface area contributed by atoms with Crippen LogP contribution in [0, 0.1) is 10.1 Å². The molecule has 2 fully saturated rings. The van der Waals surface area contributed by atoms with Crippen molar-refractivity contribution in [3.05, 3.63) is 113 Å². The first-order chi connectivity index (χ1) is 18.6. The number of aromatic nitrogens is 2. The van der Waals surface area contributed by atoms with Crippen LogP contribution >= 0.6 is 12.2 Å². The molecule has 0 bridgehead atoms. The third kappa shape index (κ3) is 4.61. The van der Waals surface area contributed by atoms with Gasteiger partial charge in [-0.3, -0.25) is 15.1 Å². The lowest BCUT2D eigenvalue weighted by atomic mass is 10.0. The molecule has 4 aromatic rings. The van der Waals surface area contributed by atoms with Gasteiger partial charge in [0.15, 0.2) is 5.11 Å². The van der Waals surface area contributed by atoms with Crippen molar-refractivity contribution >= 4 is 28.7 Å². The molecule has 9 heteroatoms. The maximum absolute atomic E-state index is 11.5. The summed E-state index contributed by atoms with van der Waals surface area (Å²) in [5.74, 6) is 0.858. The zero-order valence-corrected chi connectivity index (χ0v) is 21.5. The van der Waals surface area contributed by atoms with Crippen LogP contribution < -0.4 is 15.0 Å². The van der Waals surface area contributed by atoms with Gasteiger partial charge >= 0.3 is 0 Å². The van der Waals surface area contributed by atoms with E-state index in [0.717, 1.165) is 35.7 Å². The standard InChI is InChI=1S/C29H27N5O3S/c35-34(36)22-8-5-7-21(19-22)32-18-6-12-26(32)28-27(25-11-3-4-17-30-25)31-29(38)33(28)20-13-15-24(16-14-20)37-23-9-1-2-10-23/h3-8,11-19,23,27-28H,1-2,9-10H2,(H,31,38)/t27-,28+/m1/s1. The average Bonchev–Trinajstić information content (AvgIpc) is 3.70.